The summed E-state index contributed by atoms with van der Waals surface area (Å²) in [4.78, 5) is 4.23. The van der Waals surface area contributed by atoms with Crippen molar-refractivity contribution in [1.29, 1.82) is 0 Å². The SMILES string of the molecule is CCNC(Cc1cccc(OC)c1F)c1cncc(C)c1. The molecule has 1 unspecified atom stereocenters. The van der Waals surface area contributed by atoms with Crippen molar-refractivity contribution in [3.63, 3.8) is 0 Å². The monoisotopic (exact) mass is 288 g/mol. The van der Waals surface area contributed by atoms with Gasteiger partial charge < -0.3 is 10.1 Å². The molecule has 0 amide bonds. The first-order valence-electron chi connectivity index (χ1n) is 7.12. The highest BCUT2D eigenvalue weighted by molar-refractivity contribution is 5.33. The number of ether oxygens (including phenoxy) is 1. The largest absolute Gasteiger partial charge is 0.494 e. The molecule has 1 N–H and O–H groups in total. The summed E-state index contributed by atoms with van der Waals surface area (Å²) in [6, 6.07) is 7.36. The van der Waals surface area contributed by atoms with Crippen molar-refractivity contribution >= 4 is 0 Å². The van der Waals surface area contributed by atoms with Gasteiger partial charge in [-0.05, 0) is 42.6 Å². The molecule has 112 valence electrons. The van der Waals surface area contributed by atoms with Crippen LogP contribution in [0.4, 0.5) is 4.39 Å². The number of aryl methyl sites for hydroxylation is 1. The van der Waals surface area contributed by atoms with Crippen molar-refractivity contribution in [2.24, 2.45) is 0 Å². The van der Waals surface area contributed by atoms with E-state index in [-0.39, 0.29) is 17.6 Å². The van der Waals surface area contributed by atoms with Gasteiger partial charge in [-0.3, -0.25) is 4.98 Å². The van der Waals surface area contributed by atoms with E-state index in [0.29, 0.717) is 12.0 Å². The molecule has 0 radical (unpaired) electrons. The summed E-state index contributed by atoms with van der Waals surface area (Å²) < 4.78 is 19.3. The van der Waals surface area contributed by atoms with Crippen molar-refractivity contribution < 1.29 is 9.13 Å². The number of hydrogen-bond acceptors (Lipinski definition) is 3. The molecule has 2 rings (SSSR count). The van der Waals surface area contributed by atoms with E-state index in [1.165, 1.54) is 7.11 Å². The van der Waals surface area contributed by atoms with Crippen LogP contribution in [-0.2, 0) is 6.42 Å². The smallest absolute Gasteiger partial charge is 0.168 e. The predicted molar refractivity (Wildman–Crippen MR) is 82.0 cm³/mol. The summed E-state index contributed by atoms with van der Waals surface area (Å²) in [6.07, 6.45) is 4.21. The Morgan fingerprint density at radius 2 is 2.14 bits per heavy atom. The second-order valence-electron chi connectivity index (χ2n) is 5.04. The molecule has 0 fully saturated rings. The lowest BCUT2D eigenvalue weighted by Crippen LogP contribution is -2.23. The van der Waals surface area contributed by atoms with Gasteiger partial charge in [-0.1, -0.05) is 25.1 Å². The first kappa shape index (κ1) is 15.4. The van der Waals surface area contributed by atoms with Crippen molar-refractivity contribution in [1.82, 2.24) is 10.3 Å². The molecule has 0 aliphatic carbocycles. The molecule has 4 heteroatoms. The van der Waals surface area contributed by atoms with Gasteiger partial charge in [0.25, 0.3) is 0 Å². The molecule has 1 heterocycles. The summed E-state index contributed by atoms with van der Waals surface area (Å²) in [5, 5.41) is 3.39. The molecule has 1 atom stereocenters. The third-order valence-corrected chi connectivity index (χ3v) is 3.44. The van der Waals surface area contributed by atoms with Gasteiger partial charge >= 0.3 is 0 Å². The van der Waals surface area contributed by atoms with Gasteiger partial charge in [-0.2, -0.15) is 0 Å². The van der Waals surface area contributed by atoms with E-state index in [0.717, 1.165) is 17.7 Å². The van der Waals surface area contributed by atoms with E-state index < -0.39 is 0 Å². The topological polar surface area (TPSA) is 34.1 Å². The summed E-state index contributed by atoms with van der Waals surface area (Å²) in [5.74, 6) is -0.00590. The molecule has 2 aromatic rings. The van der Waals surface area contributed by atoms with Gasteiger partial charge in [0.1, 0.15) is 0 Å². The van der Waals surface area contributed by atoms with Crippen LogP contribution < -0.4 is 10.1 Å². The standard InChI is InChI=1S/C17H21FN2O/c1-4-20-15(14-8-12(2)10-19-11-14)9-13-6-5-7-16(21-3)17(13)18/h5-8,10-11,15,20H,4,9H2,1-3H3. The maximum Gasteiger partial charge on any atom is 0.168 e. The van der Waals surface area contributed by atoms with Gasteiger partial charge in [0.15, 0.2) is 11.6 Å². The van der Waals surface area contributed by atoms with Crippen molar-refractivity contribution in [2.75, 3.05) is 13.7 Å². The average Bonchev–Trinajstić information content (AvgIpc) is 2.48. The van der Waals surface area contributed by atoms with E-state index in [9.17, 15) is 4.39 Å². The highest BCUT2D eigenvalue weighted by Crippen LogP contribution is 2.25. The summed E-state index contributed by atoms with van der Waals surface area (Å²) in [6.45, 7) is 4.86. The van der Waals surface area contributed by atoms with E-state index in [1.54, 1.807) is 12.1 Å². The van der Waals surface area contributed by atoms with Crippen LogP contribution in [-0.4, -0.2) is 18.6 Å². The molecule has 0 aliphatic heterocycles. The number of pyridine rings is 1. The molecule has 0 bridgehead atoms. The van der Waals surface area contributed by atoms with Gasteiger partial charge in [0.2, 0.25) is 0 Å². The van der Waals surface area contributed by atoms with Crippen molar-refractivity contribution in [2.45, 2.75) is 26.3 Å². The number of nitrogens with one attached hydrogen (secondary N) is 1. The number of hydrogen-bond donors (Lipinski definition) is 1. The Hall–Kier alpha value is -1.94. The molecule has 21 heavy (non-hydrogen) atoms. The fourth-order valence-corrected chi connectivity index (χ4v) is 2.41. The fraction of sp³-hybridized carbons (Fsp3) is 0.353. The van der Waals surface area contributed by atoms with Gasteiger partial charge in [0, 0.05) is 18.4 Å². The Labute approximate surface area is 125 Å². The lowest BCUT2D eigenvalue weighted by Gasteiger charge is -2.19. The number of nitrogens with zero attached hydrogens (tertiary/aromatic N) is 1. The van der Waals surface area contributed by atoms with Crippen LogP contribution in [0.2, 0.25) is 0 Å². The van der Waals surface area contributed by atoms with Crippen LogP contribution in [0.1, 0.15) is 29.7 Å². The maximum absolute atomic E-state index is 14.3. The van der Waals surface area contributed by atoms with E-state index >= 15 is 0 Å². The Morgan fingerprint density at radius 3 is 2.81 bits per heavy atom. The highest BCUT2D eigenvalue weighted by Gasteiger charge is 2.16. The third-order valence-electron chi connectivity index (χ3n) is 3.44. The highest BCUT2D eigenvalue weighted by atomic mass is 19.1. The minimum atomic E-state index is -0.288. The number of benzene rings is 1. The Bertz CT molecular complexity index is 601. The van der Waals surface area contributed by atoms with Crippen molar-refractivity contribution in [3.8, 4) is 5.75 Å². The number of likely N-dealkylation sites (N-methyl/N-ethyl adjacent to an activating group) is 1. The normalized spacial score (nSPS) is 12.2. The summed E-state index contributed by atoms with van der Waals surface area (Å²) >= 11 is 0. The summed E-state index contributed by atoms with van der Waals surface area (Å²) in [5.41, 5.74) is 2.81. The molecule has 0 spiro atoms. The molecular weight excluding hydrogens is 267 g/mol. The first-order chi connectivity index (χ1) is 10.2. The van der Waals surface area contributed by atoms with Crippen LogP contribution in [0.25, 0.3) is 0 Å². The van der Waals surface area contributed by atoms with E-state index in [2.05, 4.69) is 16.4 Å². The molecule has 1 aromatic carbocycles. The molecule has 0 saturated heterocycles. The van der Waals surface area contributed by atoms with Crippen LogP contribution in [0, 0.1) is 12.7 Å². The van der Waals surface area contributed by atoms with Gasteiger partial charge in [0.05, 0.1) is 7.11 Å². The quantitative estimate of drug-likeness (QED) is 0.884. The minimum absolute atomic E-state index is 0.0315. The van der Waals surface area contributed by atoms with Crippen LogP contribution in [0.15, 0.2) is 36.7 Å². The zero-order valence-corrected chi connectivity index (χ0v) is 12.7. The zero-order chi connectivity index (χ0) is 15.2. The fourth-order valence-electron chi connectivity index (χ4n) is 2.41. The number of aromatic nitrogens is 1. The molecule has 3 nitrogen and oxygen atoms in total. The molecule has 1 aromatic heterocycles. The lowest BCUT2D eigenvalue weighted by atomic mass is 9.98. The van der Waals surface area contributed by atoms with Crippen LogP contribution in [0.5, 0.6) is 5.75 Å². The third kappa shape index (κ3) is 3.79. The van der Waals surface area contributed by atoms with E-state index in [4.69, 9.17) is 4.74 Å². The molecular formula is C17H21FN2O. The Balaban J connectivity index is 2.28. The molecule has 0 saturated carbocycles. The first-order valence-corrected chi connectivity index (χ1v) is 7.12. The van der Waals surface area contributed by atoms with Gasteiger partial charge in [-0.25, -0.2) is 4.39 Å². The molecule has 0 aliphatic rings. The minimum Gasteiger partial charge on any atom is -0.494 e. The lowest BCUT2D eigenvalue weighted by molar-refractivity contribution is 0.382. The number of rotatable bonds is 6. The second kappa shape index (κ2) is 7.18. The van der Waals surface area contributed by atoms with Crippen LogP contribution >= 0.6 is 0 Å². The summed E-state index contributed by atoms with van der Waals surface area (Å²) in [7, 11) is 1.48. The average molecular weight is 288 g/mol. The maximum atomic E-state index is 14.3. The predicted octanol–water partition coefficient (Wildman–Crippen LogP) is 3.43. The van der Waals surface area contributed by atoms with Gasteiger partial charge in [-0.15, -0.1) is 0 Å². The van der Waals surface area contributed by atoms with Crippen LogP contribution in [0.3, 0.4) is 0 Å². The Morgan fingerprint density at radius 1 is 1.33 bits per heavy atom. The van der Waals surface area contributed by atoms with Crippen molar-refractivity contribution in [3.05, 3.63) is 59.2 Å². The number of methoxy groups -OCH3 is 1. The zero-order valence-electron chi connectivity index (χ0n) is 12.7. The number of halogens is 1. The van der Waals surface area contributed by atoms with E-state index in [1.807, 2.05) is 32.3 Å². The second-order valence-corrected chi connectivity index (χ2v) is 5.04. The Kier molecular flexibility index (Phi) is 5.28.